The van der Waals surface area contributed by atoms with Gasteiger partial charge >= 0.3 is 0 Å². The number of nitrogens with one attached hydrogen (secondary N) is 1. The second kappa shape index (κ2) is 8.71. The highest BCUT2D eigenvalue weighted by Crippen LogP contribution is 2.31. The van der Waals surface area contributed by atoms with Gasteiger partial charge in [-0.3, -0.25) is 15.0 Å². The summed E-state index contributed by atoms with van der Waals surface area (Å²) in [6, 6.07) is 5.24. The number of rotatable bonds is 7. The summed E-state index contributed by atoms with van der Waals surface area (Å²) in [7, 11) is 1.58. The minimum absolute atomic E-state index is 0.192. The molecule has 1 N–H and O–H groups in total. The molecule has 0 bridgehead atoms. The predicted octanol–water partition coefficient (Wildman–Crippen LogP) is 3.82. The van der Waals surface area contributed by atoms with Crippen LogP contribution in [0.3, 0.4) is 0 Å². The van der Waals surface area contributed by atoms with Gasteiger partial charge < -0.3 is 9.47 Å². The maximum atomic E-state index is 12.6. The van der Waals surface area contributed by atoms with Gasteiger partial charge in [-0.1, -0.05) is 20.8 Å². The molecule has 2 aromatic rings. The number of ether oxygens (including phenoxy) is 2. The Labute approximate surface area is 164 Å². The summed E-state index contributed by atoms with van der Waals surface area (Å²) in [6.07, 6.45) is 0.936. The third-order valence-corrected chi connectivity index (χ3v) is 5.47. The molecule has 1 aliphatic rings. The minimum Gasteiger partial charge on any atom is -0.493 e. The van der Waals surface area contributed by atoms with E-state index >= 15 is 0 Å². The Hall–Kier alpha value is -2.12. The second-order valence-electron chi connectivity index (χ2n) is 7.03. The molecule has 0 spiro atoms. The molecule has 0 unspecified atom stereocenters. The van der Waals surface area contributed by atoms with Crippen molar-refractivity contribution in [2.75, 3.05) is 32.1 Å². The van der Waals surface area contributed by atoms with Gasteiger partial charge in [0.15, 0.2) is 16.6 Å². The first-order valence-corrected chi connectivity index (χ1v) is 10.1. The average Bonchev–Trinajstić information content (AvgIpc) is 3.07. The smallest absolute Gasteiger partial charge is 0.257 e. The Kier molecular flexibility index (Phi) is 6.34. The lowest BCUT2D eigenvalue weighted by molar-refractivity contribution is 0.102. The highest BCUT2D eigenvalue weighted by molar-refractivity contribution is 7.15. The lowest BCUT2D eigenvalue weighted by atomic mass is 10.2. The molecule has 3 rings (SSSR count). The summed E-state index contributed by atoms with van der Waals surface area (Å²) in [4.78, 5) is 20.9. The van der Waals surface area contributed by atoms with Crippen molar-refractivity contribution >= 4 is 22.4 Å². The van der Waals surface area contributed by atoms with E-state index in [0.717, 1.165) is 31.7 Å². The number of anilines is 1. The Morgan fingerprint density at radius 2 is 2.19 bits per heavy atom. The van der Waals surface area contributed by atoms with Gasteiger partial charge in [-0.2, -0.15) is 0 Å². The summed E-state index contributed by atoms with van der Waals surface area (Å²) in [5.41, 5.74) is 1.63. The van der Waals surface area contributed by atoms with Gasteiger partial charge in [0.2, 0.25) is 0 Å². The number of likely N-dealkylation sites (N-methyl/N-ethyl adjacent to an activating group) is 1. The zero-order valence-corrected chi connectivity index (χ0v) is 17.2. The molecule has 0 atom stereocenters. The monoisotopic (exact) mass is 389 g/mol. The number of carbonyl (C=O) groups excluding carboxylic acids is 1. The fourth-order valence-corrected chi connectivity index (χ4v) is 3.97. The summed E-state index contributed by atoms with van der Waals surface area (Å²) < 4.78 is 11.1. The van der Waals surface area contributed by atoms with Crippen LogP contribution in [0.4, 0.5) is 5.13 Å². The van der Waals surface area contributed by atoms with Gasteiger partial charge in [-0.05, 0) is 30.7 Å². The van der Waals surface area contributed by atoms with Crippen LogP contribution in [-0.2, 0) is 13.0 Å². The minimum atomic E-state index is -0.192. The van der Waals surface area contributed by atoms with Crippen LogP contribution in [0.2, 0.25) is 0 Å². The van der Waals surface area contributed by atoms with Crippen LogP contribution in [0.25, 0.3) is 0 Å². The van der Waals surface area contributed by atoms with Gasteiger partial charge in [0.25, 0.3) is 5.91 Å². The van der Waals surface area contributed by atoms with Crippen molar-refractivity contribution in [3.8, 4) is 11.5 Å². The molecule has 6 nitrogen and oxygen atoms in total. The van der Waals surface area contributed by atoms with Gasteiger partial charge in [0.1, 0.15) is 0 Å². The number of aromatic nitrogens is 1. The number of benzene rings is 1. The summed E-state index contributed by atoms with van der Waals surface area (Å²) >= 11 is 1.56. The summed E-state index contributed by atoms with van der Waals surface area (Å²) in [5, 5.41) is 3.58. The molecule has 0 saturated heterocycles. The average molecular weight is 390 g/mol. The number of fused-ring (bicyclic) bond motifs is 1. The SMILES string of the molecule is CCN1CCc2nc(NC(=O)c3ccc(OCC(C)C)c(OC)c3)sc2C1. The molecule has 7 heteroatoms. The molecule has 27 heavy (non-hydrogen) atoms. The quantitative estimate of drug-likeness (QED) is 0.780. The van der Waals surface area contributed by atoms with Crippen molar-refractivity contribution in [3.63, 3.8) is 0 Å². The van der Waals surface area contributed by atoms with Crippen molar-refractivity contribution in [2.24, 2.45) is 5.92 Å². The normalized spacial score (nSPS) is 14.1. The van der Waals surface area contributed by atoms with E-state index in [1.165, 1.54) is 4.88 Å². The van der Waals surface area contributed by atoms with Gasteiger partial charge in [0.05, 0.1) is 19.4 Å². The molecule has 0 radical (unpaired) electrons. The number of methoxy groups -OCH3 is 1. The van der Waals surface area contributed by atoms with Crippen molar-refractivity contribution in [1.82, 2.24) is 9.88 Å². The van der Waals surface area contributed by atoms with Crippen LogP contribution in [0, 0.1) is 5.92 Å². The fourth-order valence-electron chi connectivity index (χ4n) is 2.93. The molecule has 2 heterocycles. The molecule has 0 fully saturated rings. The first-order chi connectivity index (χ1) is 13.0. The van der Waals surface area contributed by atoms with Crippen LogP contribution >= 0.6 is 11.3 Å². The molecule has 0 aliphatic carbocycles. The van der Waals surface area contributed by atoms with E-state index in [0.29, 0.717) is 34.7 Å². The number of carbonyl (C=O) groups is 1. The van der Waals surface area contributed by atoms with E-state index in [-0.39, 0.29) is 5.91 Å². The number of thiazole rings is 1. The van der Waals surface area contributed by atoms with Crippen LogP contribution in [0.5, 0.6) is 11.5 Å². The van der Waals surface area contributed by atoms with Crippen molar-refractivity contribution in [2.45, 2.75) is 33.7 Å². The zero-order chi connectivity index (χ0) is 19.4. The standard InChI is InChI=1S/C20H27N3O3S/c1-5-23-9-8-15-18(11-23)27-20(21-15)22-19(24)14-6-7-16(17(10-14)25-4)26-12-13(2)3/h6-7,10,13H,5,8-9,11-12H2,1-4H3,(H,21,22,24). The van der Waals surface area contributed by atoms with Crippen LogP contribution < -0.4 is 14.8 Å². The van der Waals surface area contributed by atoms with Crippen LogP contribution in [0.1, 0.15) is 41.7 Å². The fraction of sp³-hybridized carbons (Fsp3) is 0.500. The van der Waals surface area contributed by atoms with E-state index in [9.17, 15) is 4.79 Å². The van der Waals surface area contributed by atoms with Crippen molar-refractivity contribution < 1.29 is 14.3 Å². The van der Waals surface area contributed by atoms with Crippen molar-refractivity contribution in [1.29, 1.82) is 0 Å². The second-order valence-corrected chi connectivity index (χ2v) is 8.12. The summed E-state index contributed by atoms with van der Waals surface area (Å²) in [5.74, 6) is 1.42. The lowest BCUT2D eigenvalue weighted by Crippen LogP contribution is -2.29. The van der Waals surface area contributed by atoms with Crippen molar-refractivity contribution in [3.05, 3.63) is 34.3 Å². The Bertz CT molecular complexity index is 804. The third-order valence-electron chi connectivity index (χ3n) is 4.48. The maximum Gasteiger partial charge on any atom is 0.257 e. The highest BCUT2D eigenvalue weighted by Gasteiger charge is 2.21. The molecule has 1 aliphatic heterocycles. The number of nitrogens with zero attached hydrogens (tertiary/aromatic N) is 2. The molecule has 0 saturated carbocycles. The van der Waals surface area contributed by atoms with E-state index in [2.05, 4.69) is 36.0 Å². The largest absolute Gasteiger partial charge is 0.493 e. The molecule has 1 aromatic carbocycles. The van der Waals surface area contributed by atoms with Crippen LogP contribution in [0.15, 0.2) is 18.2 Å². The Morgan fingerprint density at radius 1 is 1.37 bits per heavy atom. The highest BCUT2D eigenvalue weighted by atomic mass is 32.1. The van der Waals surface area contributed by atoms with E-state index < -0.39 is 0 Å². The third kappa shape index (κ3) is 4.78. The molecule has 1 aromatic heterocycles. The summed E-state index contributed by atoms with van der Waals surface area (Å²) in [6.45, 7) is 9.90. The van der Waals surface area contributed by atoms with Crippen LogP contribution in [-0.4, -0.2) is 42.6 Å². The molecular formula is C20H27N3O3S. The van der Waals surface area contributed by atoms with E-state index in [1.807, 2.05) is 0 Å². The van der Waals surface area contributed by atoms with Gasteiger partial charge in [0, 0.05) is 30.0 Å². The maximum absolute atomic E-state index is 12.6. The first-order valence-electron chi connectivity index (χ1n) is 9.33. The number of hydrogen-bond acceptors (Lipinski definition) is 6. The first kappa shape index (κ1) is 19.6. The topological polar surface area (TPSA) is 63.7 Å². The predicted molar refractivity (Wildman–Crippen MR) is 108 cm³/mol. The molecular weight excluding hydrogens is 362 g/mol. The van der Waals surface area contributed by atoms with E-state index in [1.54, 1.807) is 36.6 Å². The zero-order valence-electron chi connectivity index (χ0n) is 16.4. The Balaban J connectivity index is 1.70. The van der Waals surface area contributed by atoms with Gasteiger partial charge in [-0.25, -0.2) is 4.98 Å². The number of amides is 1. The number of hydrogen-bond donors (Lipinski definition) is 1. The lowest BCUT2D eigenvalue weighted by Gasteiger charge is -2.23. The molecule has 1 amide bonds. The Morgan fingerprint density at radius 3 is 2.89 bits per heavy atom. The van der Waals surface area contributed by atoms with E-state index in [4.69, 9.17) is 9.47 Å². The molecule has 146 valence electrons. The van der Waals surface area contributed by atoms with Gasteiger partial charge in [-0.15, -0.1) is 11.3 Å².